The molecule has 0 aliphatic rings. The van der Waals surface area contributed by atoms with Crippen LogP contribution in [0, 0.1) is 0 Å². The maximum atomic E-state index is 5.95. The molecule has 4 aromatic rings. The fraction of sp³-hybridized carbons (Fsp3) is 0.250. The highest BCUT2D eigenvalue weighted by Gasteiger charge is 2.14. The van der Waals surface area contributed by atoms with Gasteiger partial charge in [0.1, 0.15) is 6.61 Å². The van der Waals surface area contributed by atoms with Gasteiger partial charge in [-0.1, -0.05) is 30.7 Å². The Balaban J connectivity index is 1.40. The van der Waals surface area contributed by atoms with Crippen LogP contribution >= 0.6 is 22.9 Å². The summed E-state index contributed by atoms with van der Waals surface area (Å²) in [7, 11) is 1.66. The summed E-state index contributed by atoms with van der Waals surface area (Å²) in [6.45, 7) is 4.73. The first-order chi connectivity index (χ1) is 15.6. The van der Waals surface area contributed by atoms with Crippen molar-refractivity contribution in [2.24, 2.45) is 0 Å². The lowest BCUT2D eigenvalue weighted by molar-refractivity contribution is 0.242. The summed E-state index contributed by atoms with van der Waals surface area (Å²) in [6, 6.07) is 17.4. The number of halogens is 1. The van der Waals surface area contributed by atoms with E-state index in [4.69, 9.17) is 25.5 Å². The first-order valence-corrected chi connectivity index (χ1v) is 11.5. The predicted molar refractivity (Wildman–Crippen MR) is 126 cm³/mol. The third-order valence-electron chi connectivity index (χ3n) is 4.95. The highest BCUT2D eigenvalue weighted by molar-refractivity contribution is 7.09. The van der Waals surface area contributed by atoms with Crippen molar-refractivity contribution in [2.75, 3.05) is 13.7 Å². The monoisotopic (exact) mass is 469 g/mol. The molecule has 0 aliphatic heterocycles. The summed E-state index contributed by atoms with van der Waals surface area (Å²) in [5, 5.41) is 11.1. The smallest absolute Gasteiger partial charge is 0.247 e. The third-order valence-corrected chi connectivity index (χ3v) is 6.05. The van der Waals surface area contributed by atoms with Crippen LogP contribution in [0.4, 0.5) is 0 Å². The van der Waals surface area contributed by atoms with E-state index in [-0.39, 0.29) is 0 Å². The van der Waals surface area contributed by atoms with Gasteiger partial charge in [0, 0.05) is 22.0 Å². The molecule has 0 saturated carbocycles. The van der Waals surface area contributed by atoms with E-state index >= 15 is 0 Å². The number of hydrogen-bond acceptors (Lipinski definition) is 7. The Bertz CT molecular complexity index is 1130. The molecule has 0 bridgehead atoms. The van der Waals surface area contributed by atoms with Crippen molar-refractivity contribution in [3.63, 3.8) is 0 Å². The Hall–Kier alpha value is -2.87. The molecule has 32 heavy (non-hydrogen) atoms. The Kier molecular flexibility index (Phi) is 7.42. The van der Waals surface area contributed by atoms with Gasteiger partial charge in [0.2, 0.25) is 11.8 Å². The minimum Gasteiger partial charge on any atom is -0.493 e. The molecule has 6 nitrogen and oxygen atoms in total. The third kappa shape index (κ3) is 5.68. The van der Waals surface area contributed by atoms with Crippen LogP contribution in [0.5, 0.6) is 11.5 Å². The molecule has 0 saturated heterocycles. The molecule has 2 aromatic carbocycles. The number of nitrogens with zero attached hydrogens (tertiary/aromatic N) is 3. The van der Waals surface area contributed by atoms with Gasteiger partial charge in [-0.15, -0.1) is 21.5 Å². The molecule has 0 atom stereocenters. The van der Waals surface area contributed by atoms with E-state index in [0.717, 1.165) is 35.7 Å². The second kappa shape index (κ2) is 10.6. The zero-order valence-corrected chi connectivity index (χ0v) is 19.5. The lowest BCUT2D eigenvalue weighted by atomic mass is 10.2. The minimum absolute atomic E-state index is 0.488. The molecule has 0 unspecified atom stereocenters. The maximum Gasteiger partial charge on any atom is 0.247 e. The lowest BCUT2D eigenvalue weighted by Gasteiger charge is -2.19. The normalized spacial score (nSPS) is 11.1. The van der Waals surface area contributed by atoms with Gasteiger partial charge in [-0.25, -0.2) is 0 Å². The highest BCUT2D eigenvalue weighted by Crippen LogP contribution is 2.30. The second-order valence-electron chi connectivity index (χ2n) is 7.16. The molecule has 0 spiro atoms. The van der Waals surface area contributed by atoms with Gasteiger partial charge in [-0.05, 0) is 60.0 Å². The van der Waals surface area contributed by atoms with E-state index in [2.05, 4.69) is 34.2 Å². The van der Waals surface area contributed by atoms with Gasteiger partial charge < -0.3 is 13.9 Å². The van der Waals surface area contributed by atoms with Crippen LogP contribution in [0.3, 0.4) is 0 Å². The number of thiophene rings is 1. The van der Waals surface area contributed by atoms with Gasteiger partial charge in [0.15, 0.2) is 11.5 Å². The average molecular weight is 470 g/mol. The molecule has 0 amide bonds. The summed E-state index contributed by atoms with van der Waals surface area (Å²) in [5.74, 6) is 2.51. The summed E-state index contributed by atoms with van der Waals surface area (Å²) in [5.41, 5.74) is 1.96. The Morgan fingerprint density at radius 2 is 1.88 bits per heavy atom. The Labute approximate surface area is 196 Å². The van der Waals surface area contributed by atoms with Gasteiger partial charge >= 0.3 is 0 Å². The molecule has 4 rings (SSSR count). The second-order valence-corrected chi connectivity index (χ2v) is 8.63. The average Bonchev–Trinajstić information content (AvgIpc) is 3.50. The predicted octanol–water partition coefficient (Wildman–Crippen LogP) is 6.06. The summed E-state index contributed by atoms with van der Waals surface area (Å²) in [4.78, 5) is 3.39. The van der Waals surface area contributed by atoms with E-state index < -0.39 is 0 Å². The van der Waals surface area contributed by atoms with Crippen LogP contribution in [-0.2, 0) is 19.7 Å². The van der Waals surface area contributed by atoms with Crippen LogP contribution < -0.4 is 9.47 Å². The molecular formula is C24H24ClN3O3S. The zero-order valence-electron chi connectivity index (χ0n) is 18.0. The number of benzene rings is 2. The van der Waals surface area contributed by atoms with E-state index in [9.17, 15) is 0 Å². The first kappa shape index (κ1) is 22.3. The fourth-order valence-electron chi connectivity index (χ4n) is 3.23. The summed E-state index contributed by atoms with van der Waals surface area (Å²) < 4.78 is 17.4. The number of hydrogen-bond donors (Lipinski definition) is 0. The quantitative estimate of drug-likeness (QED) is 0.281. The Morgan fingerprint density at radius 1 is 1.03 bits per heavy atom. The van der Waals surface area contributed by atoms with Crippen molar-refractivity contribution >= 4 is 22.9 Å². The van der Waals surface area contributed by atoms with Gasteiger partial charge in [0.25, 0.3) is 0 Å². The standard InChI is InChI=1S/C24H24ClN3O3S/c1-3-28(15-23-26-27-24(31-23)18-7-9-19(25)10-8-18)14-17-6-11-21(22(13-17)29-2)30-16-20-5-4-12-32-20/h4-13H,3,14-16H2,1-2H3. The van der Waals surface area contributed by atoms with Crippen LogP contribution in [0.15, 0.2) is 64.4 Å². The van der Waals surface area contributed by atoms with Crippen LogP contribution in [-0.4, -0.2) is 28.8 Å². The van der Waals surface area contributed by atoms with Crippen LogP contribution in [0.1, 0.15) is 23.3 Å². The molecule has 8 heteroatoms. The number of rotatable bonds is 10. The van der Waals surface area contributed by atoms with Gasteiger partial charge in [0.05, 0.1) is 13.7 Å². The van der Waals surface area contributed by atoms with Crippen LogP contribution in [0.25, 0.3) is 11.5 Å². The molecule has 0 N–H and O–H groups in total. The fourth-order valence-corrected chi connectivity index (χ4v) is 3.97. The molecular weight excluding hydrogens is 446 g/mol. The van der Waals surface area contributed by atoms with Crippen molar-refractivity contribution < 1.29 is 13.9 Å². The zero-order chi connectivity index (χ0) is 22.3. The van der Waals surface area contributed by atoms with E-state index in [1.165, 1.54) is 4.88 Å². The largest absolute Gasteiger partial charge is 0.493 e. The highest BCUT2D eigenvalue weighted by atomic mass is 35.5. The van der Waals surface area contributed by atoms with Crippen LogP contribution in [0.2, 0.25) is 5.02 Å². The minimum atomic E-state index is 0.488. The first-order valence-electron chi connectivity index (χ1n) is 10.3. The molecule has 0 aliphatic carbocycles. The van der Waals surface area contributed by atoms with Gasteiger partial charge in [-0.3, -0.25) is 4.90 Å². The molecule has 0 fully saturated rings. The SMILES string of the molecule is CCN(Cc1ccc(OCc2cccs2)c(OC)c1)Cc1nnc(-c2ccc(Cl)cc2)o1. The summed E-state index contributed by atoms with van der Waals surface area (Å²) >= 11 is 7.63. The van der Waals surface area contributed by atoms with Crippen molar-refractivity contribution in [3.05, 3.63) is 81.3 Å². The maximum absolute atomic E-state index is 5.95. The van der Waals surface area contributed by atoms with E-state index in [1.807, 2.05) is 35.7 Å². The van der Waals surface area contributed by atoms with E-state index in [1.54, 1.807) is 30.6 Å². The van der Waals surface area contributed by atoms with Gasteiger partial charge in [-0.2, -0.15) is 0 Å². The number of ether oxygens (including phenoxy) is 2. The molecule has 2 aromatic heterocycles. The lowest BCUT2D eigenvalue weighted by Crippen LogP contribution is -2.22. The summed E-state index contributed by atoms with van der Waals surface area (Å²) in [6.07, 6.45) is 0. The van der Waals surface area contributed by atoms with Crippen molar-refractivity contribution in [1.29, 1.82) is 0 Å². The topological polar surface area (TPSA) is 60.6 Å². The van der Waals surface area contributed by atoms with Crippen molar-refractivity contribution in [3.8, 4) is 23.0 Å². The number of aromatic nitrogens is 2. The molecule has 2 heterocycles. The molecule has 0 radical (unpaired) electrons. The van der Waals surface area contributed by atoms with Crippen molar-refractivity contribution in [2.45, 2.75) is 26.6 Å². The Morgan fingerprint density at radius 3 is 2.59 bits per heavy atom. The molecule has 166 valence electrons. The number of methoxy groups -OCH3 is 1. The van der Waals surface area contributed by atoms with Crippen molar-refractivity contribution in [1.82, 2.24) is 15.1 Å². The van der Waals surface area contributed by atoms with E-state index in [0.29, 0.717) is 30.0 Å².